The van der Waals surface area contributed by atoms with Crippen LogP contribution in [0.5, 0.6) is 0 Å². The molecular weight excluding hydrogens is 417 g/mol. The maximum atomic E-state index is 14.5. The summed E-state index contributed by atoms with van der Waals surface area (Å²) in [6, 6.07) is 12.8. The van der Waals surface area contributed by atoms with Crippen LogP contribution in [0.3, 0.4) is 0 Å². The number of carbonyl (C=O) groups is 1. The summed E-state index contributed by atoms with van der Waals surface area (Å²) in [4.78, 5) is 15.5. The van der Waals surface area contributed by atoms with Crippen molar-refractivity contribution in [2.24, 2.45) is 0 Å². The van der Waals surface area contributed by atoms with Gasteiger partial charge in [0, 0.05) is 6.54 Å². The Labute approximate surface area is 186 Å². The molecule has 0 radical (unpaired) electrons. The van der Waals surface area contributed by atoms with Crippen LogP contribution < -0.4 is 5.32 Å². The number of halogens is 2. The zero-order valence-electron chi connectivity index (χ0n) is 17.6. The fourth-order valence-corrected chi connectivity index (χ4v) is 4.36. The van der Waals surface area contributed by atoms with E-state index in [1.165, 1.54) is 17.7 Å². The Balaban J connectivity index is 1.59. The van der Waals surface area contributed by atoms with Gasteiger partial charge in [0.2, 0.25) is 0 Å². The molecular formula is C24H25ClFN3O2. The van der Waals surface area contributed by atoms with E-state index < -0.39 is 5.82 Å². The van der Waals surface area contributed by atoms with Crippen molar-refractivity contribution >= 4 is 17.5 Å². The van der Waals surface area contributed by atoms with Crippen LogP contribution in [-0.2, 0) is 0 Å². The molecule has 0 saturated carbocycles. The Kier molecular flexibility index (Phi) is 6.39. The Morgan fingerprint density at radius 2 is 1.90 bits per heavy atom. The highest BCUT2D eigenvalue weighted by Gasteiger charge is 2.28. The van der Waals surface area contributed by atoms with Gasteiger partial charge in [0.25, 0.3) is 5.91 Å². The van der Waals surface area contributed by atoms with Gasteiger partial charge in [-0.3, -0.25) is 9.69 Å². The molecule has 1 aromatic heterocycles. The predicted molar refractivity (Wildman–Crippen MR) is 119 cm³/mol. The highest BCUT2D eigenvalue weighted by atomic mass is 35.5. The van der Waals surface area contributed by atoms with Crippen molar-refractivity contribution in [3.63, 3.8) is 0 Å². The van der Waals surface area contributed by atoms with E-state index in [-0.39, 0.29) is 33.8 Å². The molecule has 3 aromatic rings. The average Bonchev–Trinajstić information content (AvgIpc) is 3.40. The molecule has 1 aliphatic heterocycles. The zero-order valence-corrected chi connectivity index (χ0v) is 18.4. The Hall–Kier alpha value is -2.70. The summed E-state index contributed by atoms with van der Waals surface area (Å²) < 4.78 is 19.7. The normalized spacial score (nSPS) is 15.2. The first kappa shape index (κ1) is 21.5. The molecule has 5 nitrogen and oxygen atoms in total. The summed E-state index contributed by atoms with van der Waals surface area (Å²) in [5, 5.41) is 7.13. The predicted octanol–water partition coefficient (Wildman–Crippen LogP) is 5.32. The van der Waals surface area contributed by atoms with Crippen molar-refractivity contribution in [2.75, 3.05) is 19.6 Å². The van der Waals surface area contributed by atoms with Crippen molar-refractivity contribution in [3.05, 3.63) is 75.8 Å². The third kappa shape index (κ3) is 4.50. The molecule has 1 amide bonds. The number of aryl methyl sites for hydroxylation is 2. The third-order valence-electron chi connectivity index (χ3n) is 5.79. The number of likely N-dealkylation sites (tertiary alicyclic amines) is 1. The fourth-order valence-electron chi connectivity index (χ4n) is 4.11. The molecule has 2 aromatic carbocycles. The van der Waals surface area contributed by atoms with Crippen LogP contribution in [0.1, 0.15) is 46.1 Å². The monoisotopic (exact) mass is 441 g/mol. The van der Waals surface area contributed by atoms with Gasteiger partial charge in [-0.2, -0.15) is 0 Å². The van der Waals surface area contributed by atoms with E-state index in [1.807, 2.05) is 0 Å². The van der Waals surface area contributed by atoms with Crippen LogP contribution in [0.2, 0.25) is 5.02 Å². The second-order valence-electron chi connectivity index (χ2n) is 7.94. The highest BCUT2D eigenvalue weighted by molar-refractivity contribution is 6.33. The van der Waals surface area contributed by atoms with Gasteiger partial charge in [-0.25, -0.2) is 4.39 Å². The molecule has 0 spiro atoms. The van der Waals surface area contributed by atoms with Crippen molar-refractivity contribution in [2.45, 2.75) is 32.7 Å². The summed E-state index contributed by atoms with van der Waals surface area (Å²) in [5.41, 5.74) is 2.75. The summed E-state index contributed by atoms with van der Waals surface area (Å²) >= 11 is 6.20. The van der Waals surface area contributed by atoms with Gasteiger partial charge in [-0.15, -0.1) is 0 Å². The van der Waals surface area contributed by atoms with Crippen molar-refractivity contribution in [3.8, 4) is 11.3 Å². The average molecular weight is 442 g/mol. The van der Waals surface area contributed by atoms with E-state index in [1.54, 1.807) is 13.0 Å². The van der Waals surface area contributed by atoms with Gasteiger partial charge in [0.15, 0.2) is 0 Å². The molecule has 0 bridgehead atoms. The van der Waals surface area contributed by atoms with Crippen LogP contribution in [0, 0.1) is 19.7 Å². The van der Waals surface area contributed by atoms with Crippen LogP contribution in [0.15, 0.2) is 47.0 Å². The maximum Gasteiger partial charge on any atom is 0.257 e. The second-order valence-corrected chi connectivity index (χ2v) is 8.35. The second kappa shape index (κ2) is 9.20. The van der Waals surface area contributed by atoms with Gasteiger partial charge in [-0.05, 0) is 57.5 Å². The van der Waals surface area contributed by atoms with E-state index in [0.717, 1.165) is 31.5 Å². The van der Waals surface area contributed by atoms with E-state index in [0.29, 0.717) is 12.3 Å². The lowest BCUT2D eigenvalue weighted by atomic mass is 10.0. The number of benzene rings is 2. The first-order valence-electron chi connectivity index (χ1n) is 10.4. The number of aromatic nitrogens is 1. The summed E-state index contributed by atoms with van der Waals surface area (Å²) in [7, 11) is 0. The summed E-state index contributed by atoms with van der Waals surface area (Å²) in [6.45, 7) is 6.11. The minimum atomic E-state index is -0.551. The molecule has 1 unspecified atom stereocenters. The number of nitrogens with zero attached hydrogens (tertiary/aromatic N) is 2. The Bertz CT molecular complexity index is 1050. The van der Waals surface area contributed by atoms with E-state index in [9.17, 15) is 9.18 Å². The molecule has 31 heavy (non-hydrogen) atoms. The van der Waals surface area contributed by atoms with Gasteiger partial charge in [0.05, 0.1) is 16.6 Å². The van der Waals surface area contributed by atoms with Crippen LogP contribution in [0.4, 0.5) is 4.39 Å². The molecule has 7 heteroatoms. The zero-order chi connectivity index (χ0) is 22.0. The molecule has 162 valence electrons. The van der Waals surface area contributed by atoms with Crippen molar-refractivity contribution < 1.29 is 13.7 Å². The molecule has 1 fully saturated rings. The summed E-state index contributed by atoms with van der Waals surface area (Å²) in [6.07, 6.45) is 2.30. The lowest BCUT2D eigenvalue weighted by Gasteiger charge is -2.28. The minimum absolute atomic E-state index is 0.0627. The lowest BCUT2D eigenvalue weighted by molar-refractivity contribution is 0.0937. The van der Waals surface area contributed by atoms with Crippen LogP contribution in [-0.4, -0.2) is 35.6 Å². The number of rotatable bonds is 6. The van der Waals surface area contributed by atoms with E-state index in [2.05, 4.69) is 46.6 Å². The lowest BCUT2D eigenvalue weighted by Crippen LogP contribution is -2.37. The van der Waals surface area contributed by atoms with E-state index >= 15 is 0 Å². The van der Waals surface area contributed by atoms with Crippen LogP contribution >= 0.6 is 11.6 Å². The van der Waals surface area contributed by atoms with Crippen molar-refractivity contribution in [1.82, 2.24) is 15.4 Å². The molecule has 1 N–H and O–H groups in total. The Morgan fingerprint density at radius 1 is 1.19 bits per heavy atom. The SMILES string of the molecule is Cc1ccc(C(CNC(=O)c2c(-c3c(F)cccc3Cl)noc2C)N2CCCC2)cc1. The van der Waals surface area contributed by atoms with Crippen LogP contribution in [0.25, 0.3) is 11.3 Å². The molecule has 1 saturated heterocycles. The number of hydrogen-bond acceptors (Lipinski definition) is 4. The number of nitrogens with one attached hydrogen (secondary N) is 1. The highest BCUT2D eigenvalue weighted by Crippen LogP contribution is 2.33. The number of hydrogen-bond donors (Lipinski definition) is 1. The quantitative estimate of drug-likeness (QED) is 0.562. The first-order valence-corrected chi connectivity index (χ1v) is 10.8. The molecule has 1 aliphatic rings. The molecule has 0 aliphatic carbocycles. The topological polar surface area (TPSA) is 58.4 Å². The standard InChI is InChI=1S/C24H25ClFN3O2/c1-15-8-10-17(11-9-15)20(29-12-3-4-13-29)14-27-24(30)21-16(2)31-28-23(21)22-18(25)6-5-7-19(22)26/h5-11,20H,3-4,12-14H2,1-2H3,(H,27,30). The van der Waals surface area contributed by atoms with Crippen molar-refractivity contribution in [1.29, 1.82) is 0 Å². The molecule has 4 rings (SSSR count). The van der Waals surface area contributed by atoms with Gasteiger partial charge < -0.3 is 9.84 Å². The smallest absolute Gasteiger partial charge is 0.257 e. The maximum absolute atomic E-state index is 14.5. The van der Waals surface area contributed by atoms with E-state index in [4.69, 9.17) is 16.1 Å². The number of carbonyl (C=O) groups excluding carboxylic acids is 1. The van der Waals surface area contributed by atoms with Gasteiger partial charge in [-0.1, -0.05) is 52.7 Å². The fraction of sp³-hybridized carbons (Fsp3) is 0.333. The number of amides is 1. The summed E-state index contributed by atoms with van der Waals surface area (Å²) in [5.74, 6) is -0.589. The Morgan fingerprint density at radius 3 is 2.58 bits per heavy atom. The molecule has 2 heterocycles. The minimum Gasteiger partial charge on any atom is -0.360 e. The van der Waals surface area contributed by atoms with Gasteiger partial charge in [0.1, 0.15) is 22.8 Å². The molecule has 1 atom stereocenters. The first-order chi connectivity index (χ1) is 15.0. The largest absolute Gasteiger partial charge is 0.360 e. The van der Waals surface area contributed by atoms with Gasteiger partial charge >= 0.3 is 0 Å². The third-order valence-corrected chi connectivity index (χ3v) is 6.10.